The first kappa shape index (κ1) is 13.6. The number of carbonyl (C=O) groups excluding carboxylic acids is 1. The molecular weight excluding hydrogens is 273 g/mol. The Balaban J connectivity index is 1.88. The van der Waals surface area contributed by atoms with Crippen molar-refractivity contribution in [2.45, 2.75) is 13.5 Å². The van der Waals surface area contributed by atoms with Crippen LogP contribution >= 0.6 is 0 Å². The van der Waals surface area contributed by atoms with E-state index < -0.39 is 0 Å². The molecule has 1 aromatic rings. The molecule has 5 nitrogen and oxygen atoms in total. The Morgan fingerprint density at radius 1 is 1.29 bits per heavy atom. The van der Waals surface area contributed by atoms with Crippen molar-refractivity contribution in [1.82, 2.24) is 14.9 Å². The molecule has 0 saturated heterocycles. The van der Waals surface area contributed by atoms with Gasteiger partial charge < -0.3 is 10.0 Å². The smallest absolute Gasteiger partial charge is 0.279 e. The first-order chi connectivity index (χ1) is 9.97. The number of aliphatic hydroxyl groups is 1. The van der Waals surface area contributed by atoms with Crippen LogP contribution in [-0.4, -0.2) is 39.5 Å². The zero-order chi connectivity index (χ0) is 15.1. The third-order valence-corrected chi connectivity index (χ3v) is 3.62. The normalized spacial score (nSPS) is 19.2. The molecule has 2 aliphatic heterocycles. The maximum absolute atomic E-state index is 13.0. The molecule has 1 aromatic carbocycles. The van der Waals surface area contributed by atoms with Crippen LogP contribution in [0.1, 0.15) is 12.5 Å². The number of amides is 1. The van der Waals surface area contributed by atoms with Gasteiger partial charge in [-0.2, -0.15) is 0 Å². The van der Waals surface area contributed by atoms with Gasteiger partial charge in [-0.25, -0.2) is 9.40 Å². The third kappa shape index (κ3) is 2.27. The van der Waals surface area contributed by atoms with E-state index in [0.717, 1.165) is 11.3 Å². The summed E-state index contributed by atoms with van der Waals surface area (Å²) >= 11 is 0. The predicted octanol–water partition coefficient (Wildman–Crippen LogP) is 1.96. The average Bonchev–Trinajstić information content (AvgIpc) is 2.76. The molecule has 2 aliphatic rings. The Bertz CT molecular complexity index is 651. The number of likely N-dealkylation sites (N-methyl/N-ethyl adjacent to an activating group) is 1. The second-order valence-electron chi connectivity index (χ2n) is 5.24. The highest BCUT2D eigenvalue weighted by atomic mass is 19.1. The largest absolute Gasteiger partial charge is 0.508 e. The Kier molecular flexibility index (Phi) is 3.17. The minimum atomic E-state index is -0.285. The first-order valence-electron chi connectivity index (χ1n) is 6.64. The van der Waals surface area contributed by atoms with Crippen LogP contribution in [0.15, 0.2) is 47.6 Å². The second-order valence-corrected chi connectivity index (χ2v) is 5.24. The monoisotopic (exact) mass is 289 g/mol. The van der Waals surface area contributed by atoms with E-state index in [-0.39, 0.29) is 24.0 Å². The van der Waals surface area contributed by atoms with Crippen LogP contribution in [0.4, 0.5) is 4.39 Å². The Morgan fingerprint density at radius 3 is 2.62 bits per heavy atom. The molecule has 0 saturated carbocycles. The zero-order valence-electron chi connectivity index (χ0n) is 11.9. The molecule has 0 aliphatic carbocycles. The number of nitrogens with zero attached hydrogens (tertiary/aromatic N) is 3. The highest BCUT2D eigenvalue weighted by Gasteiger charge is 2.39. The number of halogens is 1. The van der Waals surface area contributed by atoms with E-state index in [1.807, 2.05) is 11.9 Å². The first-order valence-corrected chi connectivity index (χ1v) is 6.64. The number of aliphatic hydroxyl groups excluding tert-OH is 1. The van der Waals surface area contributed by atoms with Crippen LogP contribution in [-0.2, 0) is 11.3 Å². The number of rotatable bonds is 2. The highest BCUT2D eigenvalue weighted by Crippen LogP contribution is 2.32. The van der Waals surface area contributed by atoms with E-state index in [0.29, 0.717) is 12.2 Å². The molecule has 0 radical (unpaired) electrons. The molecule has 0 unspecified atom stereocenters. The van der Waals surface area contributed by atoms with Crippen molar-refractivity contribution in [2.24, 2.45) is 0 Å². The van der Waals surface area contributed by atoms with E-state index in [1.165, 1.54) is 17.0 Å². The number of hydrogen-bond acceptors (Lipinski definition) is 4. The maximum Gasteiger partial charge on any atom is 0.279 e. The van der Waals surface area contributed by atoms with Crippen LogP contribution < -0.4 is 0 Å². The SMILES string of the molecule is CC1=CN(C)C(=O)C2=C(O)CN(Cc3ccc(F)cc3)N12. The lowest BCUT2D eigenvalue weighted by molar-refractivity contribution is -0.128. The standard InChI is InChI=1S/C15H16FN3O2/c1-10-7-17(2)15(21)14-13(20)9-18(19(10)14)8-11-3-5-12(16)6-4-11/h3-7,20H,8-9H2,1-2H3. The van der Waals surface area contributed by atoms with Crippen LogP contribution in [0, 0.1) is 5.82 Å². The minimum Gasteiger partial charge on any atom is -0.508 e. The van der Waals surface area contributed by atoms with Gasteiger partial charge in [0.15, 0.2) is 5.70 Å². The van der Waals surface area contributed by atoms with Gasteiger partial charge in [0, 0.05) is 25.5 Å². The highest BCUT2D eigenvalue weighted by molar-refractivity contribution is 5.95. The van der Waals surface area contributed by atoms with Crippen LogP contribution in [0.25, 0.3) is 0 Å². The molecule has 1 amide bonds. The van der Waals surface area contributed by atoms with Crippen molar-refractivity contribution in [3.8, 4) is 0 Å². The van der Waals surface area contributed by atoms with Gasteiger partial charge in [0.25, 0.3) is 5.91 Å². The van der Waals surface area contributed by atoms with Crippen LogP contribution in [0.2, 0.25) is 0 Å². The number of benzene rings is 1. The van der Waals surface area contributed by atoms with Gasteiger partial charge in [-0.1, -0.05) is 12.1 Å². The quantitative estimate of drug-likeness (QED) is 0.904. The Labute approximate surface area is 122 Å². The summed E-state index contributed by atoms with van der Waals surface area (Å²) in [5.74, 6) is -0.464. The Hall–Kier alpha value is -2.34. The topological polar surface area (TPSA) is 47.0 Å². The third-order valence-electron chi connectivity index (χ3n) is 3.62. The molecule has 2 heterocycles. The summed E-state index contributed by atoms with van der Waals surface area (Å²) in [5.41, 5.74) is 2.04. The zero-order valence-corrected chi connectivity index (χ0v) is 11.9. The van der Waals surface area contributed by atoms with Crippen LogP contribution in [0.5, 0.6) is 0 Å². The summed E-state index contributed by atoms with van der Waals surface area (Å²) in [6.07, 6.45) is 1.72. The van der Waals surface area contributed by atoms with Crippen molar-refractivity contribution >= 4 is 5.91 Å². The molecule has 21 heavy (non-hydrogen) atoms. The summed E-state index contributed by atoms with van der Waals surface area (Å²) in [7, 11) is 1.66. The fraction of sp³-hybridized carbons (Fsp3) is 0.267. The molecule has 6 heteroatoms. The van der Waals surface area contributed by atoms with Crippen LogP contribution in [0.3, 0.4) is 0 Å². The summed E-state index contributed by atoms with van der Waals surface area (Å²) in [6.45, 7) is 2.62. The molecule has 0 atom stereocenters. The van der Waals surface area contributed by atoms with E-state index in [9.17, 15) is 14.3 Å². The fourth-order valence-electron chi connectivity index (χ4n) is 2.68. The number of fused-ring (bicyclic) bond motifs is 1. The van der Waals surface area contributed by atoms with E-state index in [2.05, 4.69) is 0 Å². The van der Waals surface area contributed by atoms with E-state index in [1.54, 1.807) is 30.4 Å². The summed E-state index contributed by atoms with van der Waals surface area (Å²) < 4.78 is 13.0. The molecule has 0 fully saturated rings. The Morgan fingerprint density at radius 2 is 1.95 bits per heavy atom. The molecule has 0 spiro atoms. The number of hydrazine groups is 1. The van der Waals surface area contributed by atoms with Crippen molar-refractivity contribution < 1.29 is 14.3 Å². The molecule has 0 aromatic heterocycles. The van der Waals surface area contributed by atoms with Crippen molar-refractivity contribution in [3.05, 3.63) is 59.0 Å². The predicted molar refractivity (Wildman–Crippen MR) is 74.8 cm³/mol. The van der Waals surface area contributed by atoms with Crippen molar-refractivity contribution in [1.29, 1.82) is 0 Å². The fourth-order valence-corrected chi connectivity index (χ4v) is 2.68. The minimum absolute atomic E-state index is 0.0569. The van der Waals surface area contributed by atoms with Crippen molar-refractivity contribution in [3.63, 3.8) is 0 Å². The lowest BCUT2D eigenvalue weighted by atomic mass is 10.2. The number of hydrogen-bond donors (Lipinski definition) is 1. The summed E-state index contributed by atoms with van der Waals surface area (Å²) in [6, 6.07) is 6.19. The lowest BCUT2D eigenvalue weighted by Gasteiger charge is -2.36. The van der Waals surface area contributed by atoms with Gasteiger partial charge >= 0.3 is 0 Å². The molecule has 110 valence electrons. The van der Waals surface area contributed by atoms with Crippen molar-refractivity contribution in [2.75, 3.05) is 13.6 Å². The van der Waals surface area contributed by atoms with Gasteiger partial charge in [0.05, 0.1) is 6.54 Å². The van der Waals surface area contributed by atoms with Gasteiger partial charge in [0.2, 0.25) is 0 Å². The lowest BCUT2D eigenvalue weighted by Crippen LogP contribution is -2.43. The van der Waals surface area contributed by atoms with Gasteiger partial charge in [-0.05, 0) is 24.6 Å². The van der Waals surface area contributed by atoms with E-state index >= 15 is 0 Å². The number of carbonyl (C=O) groups is 1. The summed E-state index contributed by atoms with van der Waals surface area (Å²) in [4.78, 5) is 13.6. The van der Waals surface area contributed by atoms with Gasteiger partial charge in [-0.15, -0.1) is 0 Å². The van der Waals surface area contributed by atoms with Gasteiger partial charge in [-0.3, -0.25) is 9.80 Å². The average molecular weight is 289 g/mol. The molecule has 1 N–H and O–H groups in total. The van der Waals surface area contributed by atoms with E-state index in [4.69, 9.17) is 0 Å². The van der Waals surface area contributed by atoms with Gasteiger partial charge in [0.1, 0.15) is 11.6 Å². The number of allylic oxidation sites excluding steroid dienone is 1. The molecule has 0 bridgehead atoms. The second kappa shape index (κ2) is 4.89. The maximum atomic E-state index is 13.0. The molecular formula is C15H16FN3O2. The summed E-state index contributed by atoms with van der Waals surface area (Å²) in [5, 5.41) is 13.7. The molecule has 3 rings (SSSR count).